The minimum Gasteiger partial charge on any atom is -0.462 e. The number of hydrogen-bond donors (Lipinski definition) is 1. The molecule has 3 heterocycles. The van der Waals surface area contributed by atoms with Crippen LogP contribution in [-0.4, -0.2) is 44.2 Å². The molecule has 0 unspecified atom stereocenters. The molecule has 0 bridgehead atoms. The Morgan fingerprint density at radius 2 is 2.24 bits per heavy atom. The number of anilines is 1. The van der Waals surface area contributed by atoms with Crippen LogP contribution in [0, 0.1) is 12.8 Å². The van der Waals surface area contributed by atoms with Gasteiger partial charge in [-0.15, -0.1) is 21.5 Å². The van der Waals surface area contributed by atoms with E-state index in [1.165, 1.54) is 11.3 Å². The molecule has 11 heteroatoms. The molecule has 0 saturated carbocycles. The van der Waals surface area contributed by atoms with Crippen LogP contribution in [0.5, 0.6) is 0 Å². The average Bonchev–Trinajstić information content (AvgIpc) is 3.50. The van der Waals surface area contributed by atoms with Crippen LogP contribution in [0.4, 0.5) is 5.00 Å². The highest BCUT2D eigenvalue weighted by atomic mass is 32.2. The summed E-state index contributed by atoms with van der Waals surface area (Å²) < 4.78 is 12.7. The number of ether oxygens (including phenoxy) is 1. The number of thioether (sulfide) groups is 1. The summed E-state index contributed by atoms with van der Waals surface area (Å²) in [7, 11) is 0. The Hall–Kier alpha value is -2.66. The highest BCUT2D eigenvalue weighted by Gasteiger charge is 2.29. The largest absolute Gasteiger partial charge is 0.462 e. The van der Waals surface area contributed by atoms with Crippen molar-refractivity contribution in [2.45, 2.75) is 58.2 Å². The molecule has 9 nitrogen and oxygen atoms in total. The van der Waals surface area contributed by atoms with Crippen molar-refractivity contribution in [2.24, 2.45) is 5.92 Å². The number of thiophene rings is 1. The standard InChI is InChI=1S/C22H27N5O4S2/c1-5-30-21(29)18-15-7-6-12(2)10-16(15)33-20(18)23-17(28)11-32-22-25-24-19(31-22)14(4)27-9-8-13(3)26-27/h8-9,12,14H,5-7,10-11H2,1-4H3,(H,23,28)/t12-,14+/m0/s1. The molecule has 0 fully saturated rings. The number of rotatable bonds is 8. The molecule has 176 valence electrons. The van der Waals surface area contributed by atoms with Crippen molar-refractivity contribution in [3.05, 3.63) is 39.9 Å². The summed E-state index contributed by atoms with van der Waals surface area (Å²) in [5, 5.41) is 16.3. The van der Waals surface area contributed by atoms with E-state index in [1.807, 2.05) is 26.1 Å². The second kappa shape index (κ2) is 10.1. The number of esters is 1. The van der Waals surface area contributed by atoms with E-state index in [4.69, 9.17) is 9.15 Å². The van der Waals surface area contributed by atoms with Crippen LogP contribution in [0.3, 0.4) is 0 Å². The molecular formula is C22H27N5O4S2. The highest BCUT2D eigenvalue weighted by Crippen LogP contribution is 2.40. The summed E-state index contributed by atoms with van der Waals surface area (Å²) in [5.41, 5.74) is 2.42. The van der Waals surface area contributed by atoms with Crippen molar-refractivity contribution in [2.75, 3.05) is 17.7 Å². The minimum atomic E-state index is -0.378. The molecule has 2 atom stereocenters. The van der Waals surface area contributed by atoms with Gasteiger partial charge in [-0.1, -0.05) is 18.7 Å². The van der Waals surface area contributed by atoms with Crippen LogP contribution in [0.25, 0.3) is 0 Å². The van der Waals surface area contributed by atoms with Crippen molar-refractivity contribution in [3.8, 4) is 0 Å². The lowest BCUT2D eigenvalue weighted by Crippen LogP contribution is -2.17. The number of amides is 1. The first kappa shape index (κ1) is 23.5. The fourth-order valence-electron chi connectivity index (χ4n) is 3.76. The zero-order valence-corrected chi connectivity index (χ0v) is 20.7. The molecular weight excluding hydrogens is 462 g/mol. The molecule has 0 spiro atoms. The van der Waals surface area contributed by atoms with E-state index >= 15 is 0 Å². The third-order valence-electron chi connectivity index (χ3n) is 5.49. The SMILES string of the molecule is CCOC(=O)c1c(NC(=O)CSc2nnc([C@@H](C)n3ccc(C)n3)o2)sc2c1CC[C@H](C)C2. The van der Waals surface area contributed by atoms with Gasteiger partial charge in [0, 0.05) is 11.1 Å². The predicted molar refractivity (Wildman–Crippen MR) is 126 cm³/mol. The fourth-order valence-corrected chi connectivity index (χ4v) is 5.74. The van der Waals surface area contributed by atoms with Crippen LogP contribution < -0.4 is 5.32 Å². The molecule has 1 amide bonds. The summed E-state index contributed by atoms with van der Waals surface area (Å²) in [4.78, 5) is 26.4. The number of carbonyl (C=O) groups excluding carboxylic acids is 2. The Morgan fingerprint density at radius 3 is 2.97 bits per heavy atom. The Kier molecular flexibility index (Phi) is 7.18. The zero-order chi connectivity index (χ0) is 23.5. The van der Waals surface area contributed by atoms with E-state index in [2.05, 4.69) is 27.5 Å². The third-order valence-corrected chi connectivity index (χ3v) is 7.48. The number of hydrogen-bond acceptors (Lipinski definition) is 9. The lowest BCUT2D eigenvalue weighted by atomic mass is 9.88. The lowest BCUT2D eigenvalue weighted by molar-refractivity contribution is -0.113. The summed E-state index contributed by atoms with van der Waals surface area (Å²) in [6, 6.07) is 1.70. The molecule has 1 aliphatic carbocycles. The molecule has 0 aliphatic heterocycles. The van der Waals surface area contributed by atoms with Gasteiger partial charge in [-0.25, -0.2) is 4.79 Å². The van der Waals surface area contributed by atoms with Gasteiger partial charge in [0.25, 0.3) is 5.22 Å². The summed E-state index contributed by atoms with van der Waals surface area (Å²) in [6.45, 7) is 8.10. The van der Waals surface area contributed by atoms with Crippen LogP contribution in [-0.2, 0) is 22.4 Å². The smallest absolute Gasteiger partial charge is 0.341 e. The van der Waals surface area contributed by atoms with Crippen molar-refractivity contribution >= 4 is 40.0 Å². The van der Waals surface area contributed by atoms with E-state index in [9.17, 15) is 9.59 Å². The van der Waals surface area contributed by atoms with Crippen LogP contribution in [0.2, 0.25) is 0 Å². The van der Waals surface area contributed by atoms with Gasteiger partial charge in [-0.3, -0.25) is 9.48 Å². The topological polar surface area (TPSA) is 112 Å². The van der Waals surface area contributed by atoms with E-state index in [1.54, 1.807) is 11.6 Å². The number of aromatic nitrogens is 4. The van der Waals surface area contributed by atoms with Crippen molar-refractivity contribution in [1.82, 2.24) is 20.0 Å². The van der Waals surface area contributed by atoms with Gasteiger partial charge < -0.3 is 14.5 Å². The van der Waals surface area contributed by atoms with Crippen molar-refractivity contribution in [3.63, 3.8) is 0 Å². The Balaban J connectivity index is 1.41. The van der Waals surface area contributed by atoms with E-state index in [0.717, 1.165) is 47.2 Å². The maximum Gasteiger partial charge on any atom is 0.341 e. The lowest BCUT2D eigenvalue weighted by Gasteiger charge is -2.18. The van der Waals surface area contributed by atoms with Crippen LogP contribution in [0.1, 0.15) is 65.6 Å². The van der Waals surface area contributed by atoms with Crippen molar-refractivity contribution < 1.29 is 18.7 Å². The van der Waals surface area contributed by atoms with Gasteiger partial charge in [0.05, 0.1) is 23.6 Å². The van der Waals surface area contributed by atoms with Crippen molar-refractivity contribution in [1.29, 1.82) is 0 Å². The first-order valence-corrected chi connectivity index (χ1v) is 12.7. The van der Waals surface area contributed by atoms with Gasteiger partial charge in [-0.2, -0.15) is 5.10 Å². The fraction of sp³-hybridized carbons (Fsp3) is 0.500. The maximum absolute atomic E-state index is 12.7. The molecule has 3 aromatic heterocycles. The molecule has 33 heavy (non-hydrogen) atoms. The molecule has 0 radical (unpaired) electrons. The third kappa shape index (κ3) is 5.30. The Bertz CT molecular complexity index is 1150. The molecule has 1 N–H and O–H groups in total. The Labute approximate surface area is 200 Å². The quantitative estimate of drug-likeness (QED) is 0.369. The minimum absolute atomic E-state index is 0.0815. The van der Waals surface area contributed by atoms with Crippen LogP contribution >= 0.6 is 23.1 Å². The number of nitrogens with zero attached hydrogens (tertiary/aromatic N) is 4. The summed E-state index contributed by atoms with van der Waals surface area (Å²) in [5.74, 6) is 0.443. The van der Waals surface area contributed by atoms with E-state index < -0.39 is 0 Å². The average molecular weight is 490 g/mol. The van der Waals surface area contributed by atoms with Gasteiger partial charge >= 0.3 is 5.97 Å². The molecule has 1 aliphatic rings. The van der Waals surface area contributed by atoms with Gasteiger partial charge in [0.1, 0.15) is 11.0 Å². The van der Waals surface area contributed by atoms with E-state index in [0.29, 0.717) is 34.2 Å². The van der Waals surface area contributed by atoms with Crippen LogP contribution in [0.15, 0.2) is 21.9 Å². The zero-order valence-electron chi connectivity index (χ0n) is 19.1. The highest BCUT2D eigenvalue weighted by molar-refractivity contribution is 7.99. The molecule has 0 saturated heterocycles. The molecule has 0 aromatic carbocycles. The summed E-state index contributed by atoms with van der Waals surface area (Å²) in [6.07, 6.45) is 4.61. The predicted octanol–water partition coefficient (Wildman–Crippen LogP) is 4.28. The Morgan fingerprint density at radius 1 is 1.42 bits per heavy atom. The maximum atomic E-state index is 12.7. The van der Waals surface area contributed by atoms with E-state index in [-0.39, 0.29) is 23.7 Å². The second-order valence-corrected chi connectivity index (χ2v) is 10.2. The number of fused-ring (bicyclic) bond motifs is 1. The number of aryl methyl sites for hydroxylation is 1. The first-order chi connectivity index (χ1) is 15.9. The number of nitrogens with one attached hydrogen (secondary N) is 1. The molecule has 4 rings (SSSR count). The van der Waals surface area contributed by atoms with Gasteiger partial charge in [0.2, 0.25) is 11.8 Å². The summed E-state index contributed by atoms with van der Waals surface area (Å²) >= 11 is 2.63. The normalized spacial score (nSPS) is 16.3. The number of carbonyl (C=O) groups is 2. The monoisotopic (exact) mass is 489 g/mol. The van der Waals surface area contributed by atoms with Gasteiger partial charge in [-0.05, 0) is 57.6 Å². The first-order valence-electron chi connectivity index (χ1n) is 10.9. The molecule has 3 aromatic rings. The second-order valence-electron chi connectivity index (χ2n) is 8.13. The van der Waals surface area contributed by atoms with Gasteiger partial charge in [0.15, 0.2) is 0 Å².